The second-order valence-corrected chi connectivity index (χ2v) is 9.91. The number of carbonyl (C=O) groups excluding carboxylic acids is 5. The normalized spacial score (nSPS) is 11.7. The Morgan fingerprint density at radius 2 is 1.77 bits per heavy atom. The molecule has 2 N–H and O–H groups in total. The molecule has 0 aliphatic rings. The number of Topliss-reactive ketones (excluding diaryl/α,β-unsaturated/α-hetero) is 3. The molecule has 0 aliphatic heterocycles. The van der Waals surface area contributed by atoms with Crippen molar-refractivity contribution in [2.75, 3.05) is 7.05 Å². The van der Waals surface area contributed by atoms with Crippen molar-refractivity contribution in [2.24, 2.45) is 13.0 Å². The van der Waals surface area contributed by atoms with Gasteiger partial charge in [-0.1, -0.05) is 38.3 Å². The van der Waals surface area contributed by atoms with Gasteiger partial charge in [0.05, 0.1) is 30.1 Å². The third kappa shape index (κ3) is 9.27. The highest BCUT2D eigenvalue weighted by Gasteiger charge is 2.26. The number of likely N-dealkylation sites (N-methyl/N-ethyl adjacent to an activating group) is 1. The number of carbonyl (C=O) groups is 5. The first-order valence-electron chi connectivity index (χ1n) is 13.0. The molecular formula is C27H36ClN5O6. The first-order valence-corrected chi connectivity index (χ1v) is 13.3. The molecule has 0 radical (unpaired) electrons. The quantitative estimate of drug-likeness (QED) is 0.298. The highest BCUT2D eigenvalue weighted by atomic mass is 35.5. The summed E-state index contributed by atoms with van der Waals surface area (Å²) in [7, 11) is 2.92. The van der Waals surface area contributed by atoms with Crippen LogP contribution in [-0.2, 0) is 39.2 Å². The first-order chi connectivity index (χ1) is 18.5. The molecule has 2 amide bonds. The minimum atomic E-state index is -1.17. The molecule has 11 nitrogen and oxygen atoms in total. The second-order valence-electron chi connectivity index (χ2n) is 9.48. The van der Waals surface area contributed by atoms with E-state index in [1.54, 1.807) is 7.05 Å². The number of rotatable bonds is 16. The molecule has 2 aromatic heterocycles. The Morgan fingerprint density at radius 3 is 2.36 bits per heavy atom. The number of imidazole rings is 1. The van der Waals surface area contributed by atoms with Crippen molar-refractivity contribution in [3.63, 3.8) is 0 Å². The zero-order valence-corrected chi connectivity index (χ0v) is 23.5. The predicted octanol–water partition coefficient (Wildman–Crippen LogP) is 2.03. The van der Waals surface area contributed by atoms with Gasteiger partial charge in [0, 0.05) is 45.1 Å². The van der Waals surface area contributed by atoms with Crippen molar-refractivity contribution >= 4 is 40.8 Å². The van der Waals surface area contributed by atoms with Crippen LogP contribution < -0.4 is 16.2 Å². The lowest BCUT2D eigenvalue weighted by Crippen LogP contribution is -2.43. The molecule has 12 heteroatoms. The van der Waals surface area contributed by atoms with Crippen LogP contribution in [0.2, 0.25) is 5.02 Å². The fraction of sp³-hybridized carbons (Fsp3) is 0.519. The van der Waals surface area contributed by atoms with E-state index in [2.05, 4.69) is 29.5 Å². The van der Waals surface area contributed by atoms with E-state index in [0.717, 1.165) is 19.3 Å². The molecule has 212 valence electrons. The van der Waals surface area contributed by atoms with E-state index in [1.165, 1.54) is 41.0 Å². The van der Waals surface area contributed by atoms with Crippen LogP contribution in [-0.4, -0.2) is 56.4 Å². The monoisotopic (exact) mass is 561 g/mol. The van der Waals surface area contributed by atoms with Gasteiger partial charge >= 0.3 is 0 Å². The Kier molecular flexibility index (Phi) is 12.2. The molecular weight excluding hydrogens is 526 g/mol. The van der Waals surface area contributed by atoms with Crippen molar-refractivity contribution < 1.29 is 24.0 Å². The highest BCUT2D eigenvalue weighted by molar-refractivity contribution is 6.36. The van der Waals surface area contributed by atoms with Gasteiger partial charge in [-0.15, -0.1) is 0 Å². The Hall–Kier alpha value is -3.60. The summed E-state index contributed by atoms with van der Waals surface area (Å²) in [5.74, 6) is -2.40. The maximum Gasteiger partial charge on any atom is 0.287 e. The lowest BCUT2D eigenvalue weighted by molar-refractivity contribution is -0.137. The number of ketones is 3. The summed E-state index contributed by atoms with van der Waals surface area (Å²) in [6, 6.07) is 0.178. The van der Waals surface area contributed by atoms with Gasteiger partial charge in [0.15, 0.2) is 11.6 Å². The van der Waals surface area contributed by atoms with E-state index >= 15 is 0 Å². The molecule has 0 spiro atoms. The SMILES string of the molecule is CCC(CC)CCC(=O)Cn1cc(Cl)cc(CC(=O)[C@H](CCC(=O)C(=O)NC)NC(=O)c2cncn2C)c1=O. The van der Waals surface area contributed by atoms with Crippen LogP contribution in [0.15, 0.2) is 29.6 Å². The zero-order chi connectivity index (χ0) is 29.1. The van der Waals surface area contributed by atoms with Crippen LogP contribution in [0, 0.1) is 5.92 Å². The number of nitrogens with one attached hydrogen (secondary N) is 2. The van der Waals surface area contributed by atoms with Crippen LogP contribution in [0.5, 0.6) is 0 Å². The number of hydrogen-bond acceptors (Lipinski definition) is 7. The summed E-state index contributed by atoms with van der Waals surface area (Å²) >= 11 is 6.21. The van der Waals surface area contributed by atoms with E-state index in [1.807, 2.05) is 0 Å². The molecule has 0 bridgehead atoms. The van der Waals surface area contributed by atoms with Crippen molar-refractivity contribution in [3.8, 4) is 0 Å². The molecule has 0 aromatic carbocycles. The summed E-state index contributed by atoms with van der Waals surface area (Å²) in [6.45, 7) is 3.98. The molecule has 0 saturated heterocycles. The van der Waals surface area contributed by atoms with E-state index in [9.17, 15) is 28.8 Å². The maximum absolute atomic E-state index is 13.3. The van der Waals surface area contributed by atoms with Crippen LogP contribution in [0.3, 0.4) is 0 Å². The average molecular weight is 562 g/mol. The number of hydrogen-bond donors (Lipinski definition) is 2. The number of pyridine rings is 1. The number of aromatic nitrogens is 3. The summed E-state index contributed by atoms with van der Waals surface area (Å²) < 4.78 is 2.65. The van der Waals surface area contributed by atoms with Crippen LogP contribution in [0.25, 0.3) is 0 Å². The lowest BCUT2D eigenvalue weighted by Gasteiger charge is -2.18. The van der Waals surface area contributed by atoms with E-state index in [4.69, 9.17) is 11.6 Å². The fourth-order valence-corrected chi connectivity index (χ4v) is 4.44. The Bertz CT molecular complexity index is 1260. The van der Waals surface area contributed by atoms with Gasteiger partial charge in [0.2, 0.25) is 5.78 Å². The van der Waals surface area contributed by atoms with Gasteiger partial charge in [-0.25, -0.2) is 4.98 Å². The largest absolute Gasteiger partial charge is 0.353 e. The maximum atomic E-state index is 13.3. The fourth-order valence-electron chi connectivity index (χ4n) is 4.19. The van der Waals surface area contributed by atoms with Crippen molar-refractivity contribution in [1.82, 2.24) is 24.8 Å². The lowest BCUT2D eigenvalue weighted by atomic mass is 9.96. The molecule has 0 saturated carbocycles. The topological polar surface area (TPSA) is 149 Å². The van der Waals surface area contributed by atoms with E-state index in [-0.39, 0.29) is 41.4 Å². The third-order valence-electron chi connectivity index (χ3n) is 6.71. The van der Waals surface area contributed by atoms with Crippen molar-refractivity contribution in [1.29, 1.82) is 0 Å². The minimum absolute atomic E-state index is 0.0534. The van der Waals surface area contributed by atoms with Gasteiger partial charge in [-0.3, -0.25) is 28.8 Å². The number of nitrogens with zero attached hydrogens (tertiary/aromatic N) is 3. The first kappa shape index (κ1) is 31.6. The van der Waals surface area contributed by atoms with Crippen LogP contribution in [0.4, 0.5) is 0 Å². The molecule has 2 aromatic rings. The Labute approximate surface area is 232 Å². The van der Waals surface area contributed by atoms with Gasteiger partial charge in [0.1, 0.15) is 5.69 Å². The van der Waals surface area contributed by atoms with E-state index in [0.29, 0.717) is 12.3 Å². The smallest absolute Gasteiger partial charge is 0.287 e. The number of aryl methyl sites for hydroxylation is 1. The summed E-state index contributed by atoms with van der Waals surface area (Å²) in [5, 5.41) is 4.99. The highest BCUT2D eigenvalue weighted by Crippen LogP contribution is 2.16. The minimum Gasteiger partial charge on any atom is -0.353 e. The average Bonchev–Trinajstić information content (AvgIpc) is 3.34. The van der Waals surface area contributed by atoms with Gasteiger partial charge in [-0.2, -0.15) is 0 Å². The molecule has 0 unspecified atom stereocenters. The van der Waals surface area contributed by atoms with Gasteiger partial charge in [0.25, 0.3) is 17.4 Å². The summed E-state index contributed by atoms with van der Waals surface area (Å²) in [6.07, 6.45) is 6.26. The Morgan fingerprint density at radius 1 is 1.08 bits per heavy atom. The van der Waals surface area contributed by atoms with Gasteiger partial charge in [-0.05, 0) is 24.8 Å². The van der Waals surface area contributed by atoms with Crippen molar-refractivity contribution in [3.05, 3.63) is 51.4 Å². The molecule has 2 heterocycles. The predicted molar refractivity (Wildman–Crippen MR) is 146 cm³/mol. The third-order valence-corrected chi connectivity index (χ3v) is 6.91. The van der Waals surface area contributed by atoms with Crippen LogP contribution >= 0.6 is 11.6 Å². The molecule has 1 atom stereocenters. The summed E-state index contributed by atoms with van der Waals surface area (Å²) in [5.41, 5.74) is -0.304. The van der Waals surface area contributed by atoms with Gasteiger partial charge < -0.3 is 19.8 Å². The standard InChI is InChI=1S/C27H36ClN5O6/c1-5-17(6-2)7-8-20(34)15-33-14-19(28)11-18(27(33)39)12-24(36)21(9-10-23(35)26(38)29-3)31-25(37)22-13-30-16-32(22)4/h11,13-14,16-17,21H,5-10,12,15H2,1-4H3,(H,29,38)(H,31,37)/t21-/m0/s1. The molecule has 0 fully saturated rings. The molecule has 39 heavy (non-hydrogen) atoms. The second kappa shape index (κ2) is 15.1. The number of halogens is 1. The number of amides is 2. The van der Waals surface area contributed by atoms with Crippen molar-refractivity contribution in [2.45, 2.75) is 71.4 Å². The van der Waals surface area contributed by atoms with E-state index < -0.39 is 41.4 Å². The summed E-state index contributed by atoms with van der Waals surface area (Å²) in [4.78, 5) is 79.3. The Balaban J connectivity index is 2.22. The zero-order valence-electron chi connectivity index (χ0n) is 22.8. The van der Waals surface area contributed by atoms with Crippen LogP contribution in [0.1, 0.15) is 68.4 Å². The molecule has 2 rings (SSSR count). The molecule has 0 aliphatic carbocycles.